The molecule has 86 valence electrons. The molecule has 0 spiro atoms. The molecule has 0 aliphatic heterocycles. The average molecular weight is 250 g/mol. The molecule has 0 unspecified atom stereocenters. The Hall–Kier alpha value is -2.08. The Morgan fingerprint density at radius 3 is 3.06 bits per heavy atom. The van der Waals surface area contributed by atoms with Crippen molar-refractivity contribution in [1.29, 1.82) is 0 Å². The van der Waals surface area contributed by atoms with Crippen LogP contribution in [0.15, 0.2) is 29.1 Å². The van der Waals surface area contributed by atoms with Gasteiger partial charge in [0, 0.05) is 0 Å². The van der Waals surface area contributed by atoms with Gasteiger partial charge in [0.1, 0.15) is 17.6 Å². The molecule has 2 N–H and O–H groups in total. The van der Waals surface area contributed by atoms with Crippen LogP contribution in [0.1, 0.15) is 11.5 Å². The van der Waals surface area contributed by atoms with Crippen molar-refractivity contribution < 1.29 is 4.42 Å². The van der Waals surface area contributed by atoms with E-state index in [0.717, 1.165) is 5.76 Å². The minimum atomic E-state index is 0.145. The Morgan fingerprint density at radius 2 is 2.29 bits per heavy atom. The number of imidazole rings is 1. The molecule has 0 amide bonds. The van der Waals surface area contributed by atoms with Gasteiger partial charge >= 0.3 is 0 Å². The lowest BCUT2D eigenvalue weighted by molar-refractivity contribution is 0.519. The first kappa shape index (κ1) is 10.1. The van der Waals surface area contributed by atoms with Crippen molar-refractivity contribution >= 4 is 22.8 Å². The average Bonchev–Trinajstić information content (AvgIpc) is 2.90. The predicted molar refractivity (Wildman–Crippen MR) is 62.0 cm³/mol. The van der Waals surface area contributed by atoms with Crippen LogP contribution in [-0.2, 0) is 6.42 Å². The lowest BCUT2D eigenvalue weighted by Crippen LogP contribution is -2.07. The molecule has 0 fully saturated rings. The predicted octanol–water partition coefficient (Wildman–Crippen LogP) is 1.38. The van der Waals surface area contributed by atoms with Gasteiger partial charge in [0.25, 0.3) is 0 Å². The number of nitrogen functional groups attached to an aromatic ring is 1. The van der Waals surface area contributed by atoms with E-state index in [9.17, 15) is 0 Å². The normalized spacial score (nSPS) is 11.1. The summed E-state index contributed by atoms with van der Waals surface area (Å²) in [6.45, 7) is 0. The number of hydrogen-bond donors (Lipinski definition) is 1. The first-order valence-electron chi connectivity index (χ1n) is 4.91. The van der Waals surface area contributed by atoms with Crippen LogP contribution in [0.2, 0.25) is 5.28 Å². The number of furan rings is 1. The van der Waals surface area contributed by atoms with Crippen LogP contribution >= 0.6 is 11.6 Å². The highest BCUT2D eigenvalue weighted by molar-refractivity contribution is 6.28. The summed E-state index contributed by atoms with van der Waals surface area (Å²) in [5.74, 6) is 6.45. The number of nitrogens with zero attached hydrogens (tertiary/aromatic N) is 4. The van der Waals surface area contributed by atoms with Gasteiger partial charge in [-0.3, -0.25) is 0 Å². The van der Waals surface area contributed by atoms with Gasteiger partial charge in [0.15, 0.2) is 5.65 Å². The van der Waals surface area contributed by atoms with Crippen LogP contribution in [-0.4, -0.2) is 19.6 Å². The maximum atomic E-state index is 5.84. The molecular formula is C10H8ClN5O. The maximum Gasteiger partial charge on any atom is 0.224 e. The second kappa shape index (κ2) is 3.74. The largest absolute Gasteiger partial charge is 0.469 e. The van der Waals surface area contributed by atoms with Crippen molar-refractivity contribution in [2.24, 2.45) is 0 Å². The van der Waals surface area contributed by atoms with E-state index >= 15 is 0 Å². The number of rotatable bonds is 2. The summed E-state index contributed by atoms with van der Waals surface area (Å²) in [4.78, 5) is 12.3. The van der Waals surface area contributed by atoms with Crippen LogP contribution in [0.3, 0.4) is 0 Å². The molecule has 0 bridgehead atoms. The highest BCUT2D eigenvalue weighted by Crippen LogP contribution is 2.18. The summed E-state index contributed by atoms with van der Waals surface area (Å²) in [5.41, 5.74) is 1.83. The summed E-state index contributed by atoms with van der Waals surface area (Å²) in [7, 11) is 0. The van der Waals surface area contributed by atoms with Gasteiger partial charge in [0.2, 0.25) is 5.28 Å². The van der Waals surface area contributed by atoms with Gasteiger partial charge < -0.3 is 10.3 Å². The van der Waals surface area contributed by atoms with E-state index in [1.165, 1.54) is 11.0 Å². The fourth-order valence-corrected chi connectivity index (χ4v) is 1.83. The van der Waals surface area contributed by atoms with Crippen molar-refractivity contribution in [2.45, 2.75) is 6.42 Å². The highest BCUT2D eigenvalue weighted by Gasteiger charge is 2.12. The Morgan fingerprint density at radius 1 is 1.41 bits per heavy atom. The zero-order chi connectivity index (χ0) is 11.8. The van der Waals surface area contributed by atoms with Gasteiger partial charge in [0.05, 0.1) is 18.4 Å². The van der Waals surface area contributed by atoms with E-state index in [-0.39, 0.29) is 5.28 Å². The fourth-order valence-electron chi connectivity index (χ4n) is 1.65. The van der Waals surface area contributed by atoms with Gasteiger partial charge in [-0.05, 0) is 23.7 Å². The van der Waals surface area contributed by atoms with Gasteiger partial charge in [-0.2, -0.15) is 4.98 Å². The molecule has 17 heavy (non-hydrogen) atoms. The fraction of sp³-hybridized carbons (Fsp3) is 0.100. The summed E-state index contributed by atoms with van der Waals surface area (Å²) >= 11 is 5.84. The molecule has 3 aromatic heterocycles. The zero-order valence-electron chi connectivity index (χ0n) is 8.67. The molecule has 3 aromatic rings. The number of halogens is 1. The van der Waals surface area contributed by atoms with E-state index in [4.69, 9.17) is 21.9 Å². The third-order valence-corrected chi connectivity index (χ3v) is 2.56. The SMILES string of the molecule is Nn1cnc2c(Cc3ccco3)nc(Cl)nc21. The molecule has 0 radical (unpaired) electrons. The Balaban J connectivity index is 2.15. The van der Waals surface area contributed by atoms with Crippen LogP contribution in [0.25, 0.3) is 11.2 Å². The summed E-state index contributed by atoms with van der Waals surface area (Å²) in [5, 5.41) is 0.145. The molecule has 3 rings (SSSR count). The quantitative estimate of drug-likeness (QED) is 0.548. The topological polar surface area (TPSA) is 82.8 Å². The lowest BCUT2D eigenvalue weighted by Gasteiger charge is -2.00. The Labute approximate surface area is 101 Å². The Kier molecular flexibility index (Phi) is 2.22. The smallest absolute Gasteiger partial charge is 0.224 e. The van der Waals surface area contributed by atoms with Crippen molar-refractivity contribution in [3.8, 4) is 0 Å². The number of nitrogens with two attached hydrogens (primary N) is 1. The second-order valence-corrected chi connectivity index (χ2v) is 3.86. The van der Waals surface area contributed by atoms with Crippen molar-refractivity contribution in [3.05, 3.63) is 41.5 Å². The highest BCUT2D eigenvalue weighted by atomic mass is 35.5. The molecule has 0 aliphatic carbocycles. The minimum absolute atomic E-state index is 0.145. The molecule has 0 saturated heterocycles. The van der Waals surface area contributed by atoms with Crippen LogP contribution in [0, 0.1) is 0 Å². The van der Waals surface area contributed by atoms with E-state index < -0.39 is 0 Å². The zero-order valence-corrected chi connectivity index (χ0v) is 9.42. The standard InChI is InChI=1S/C10H8ClN5O/c11-10-14-7(4-6-2-1-3-17-6)8-9(15-10)16(12)5-13-8/h1-3,5H,4,12H2. The number of fused-ring (bicyclic) bond motifs is 1. The third kappa shape index (κ3) is 1.72. The third-order valence-electron chi connectivity index (χ3n) is 2.39. The molecule has 6 nitrogen and oxygen atoms in total. The maximum absolute atomic E-state index is 5.84. The first-order valence-corrected chi connectivity index (χ1v) is 5.29. The first-order chi connectivity index (χ1) is 8.24. The lowest BCUT2D eigenvalue weighted by atomic mass is 10.2. The second-order valence-electron chi connectivity index (χ2n) is 3.52. The number of hydrogen-bond acceptors (Lipinski definition) is 5. The molecule has 0 aromatic carbocycles. The van der Waals surface area contributed by atoms with Crippen LogP contribution in [0.4, 0.5) is 0 Å². The van der Waals surface area contributed by atoms with E-state index in [0.29, 0.717) is 23.3 Å². The monoisotopic (exact) mass is 249 g/mol. The van der Waals surface area contributed by atoms with Crippen molar-refractivity contribution in [2.75, 3.05) is 5.84 Å². The van der Waals surface area contributed by atoms with E-state index in [2.05, 4.69) is 15.0 Å². The Bertz CT molecular complexity index is 661. The summed E-state index contributed by atoms with van der Waals surface area (Å²) in [6.07, 6.45) is 3.58. The molecule has 0 atom stereocenters. The minimum Gasteiger partial charge on any atom is -0.469 e. The molecule has 7 heteroatoms. The molecule has 0 saturated carbocycles. The van der Waals surface area contributed by atoms with Gasteiger partial charge in [-0.25, -0.2) is 14.6 Å². The molecule has 3 heterocycles. The van der Waals surface area contributed by atoms with Crippen LogP contribution in [0.5, 0.6) is 0 Å². The molecular weight excluding hydrogens is 242 g/mol. The van der Waals surface area contributed by atoms with E-state index in [1.54, 1.807) is 6.26 Å². The van der Waals surface area contributed by atoms with Crippen molar-refractivity contribution in [1.82, 2.24) is 19.6 Å². The molecule has 0 aliphatic rings. The van der Waals surface area contributed by atoms with Crippen molar-refractivity contribution in [3.63, 3.8) is 0 Å². The summed E-state index contributed by atoms with van der Waals surface area (Å²) < 4.78 is 6.58. The summed E-state index contributed by atoms with van der Waals surface area (Å²) in [6, 6.07) is 3.68. The van der Waals surface area contributed by atoms with Gasteiger partial charge in [-0.15, -0.1) is 0 Å². The number of aromatic nitrogens is 4. The van der Waals surface area contributed by atoms with Gasteiger partial charge in [-0.1, -0.05) is 0 Å². The van der Waals surface area contributed by atoms with Crippen LogP contribution < -0.4 is 5.84 Å². The van der Waals surface area contributed by atoms with E-state index in [1.807, 2.05) is 12.1 Å².